The van der Waals surface area contributed by atoms with Crippen molar-refractivity contribution in [3.05, 3.63) is 29.8 Å². The quantitative estimate of drug-likeness (QED) is 0.683. The van der Waals surface area contributed by atoms with Gasteiger partial charge in [-0.05, 0) is 42.9 Å². The molecule has 1 N–H and O–H groups in total. The van der Waals surface area contributed by atoms with E-state index in [9.17, 15) is 0 Å². The molecule has 1 aliphatic heterocycles. The van der Waals surface area contributed by atoms with Crippen LogP contribution in [0.2, 0.25) is 0 Å². The molecule has 1 heterocycles. The Morgan fingerprint density at radius 1 is 1.48 bits per heavy atom. The van der Waals surface area contributed by atoms with E-state index in [0.29, 0.717) is 0 Å². The molecule has 0 amide bonds. The Bertz CT molecular complexity index is 473. The van der Waals surface area contributed by atoms with E-state index in [4.69, 9.17) is 4.74 Å². The first-order valence-corrected chi connectivity index (χ1v) is 7.81. The highest BCUT2D eigenvalue weighted by Gasteiger charge is 2.18. The monoisotopic (exact) mass is 289 g/mol. The van der Waals surface area contributed by atoms with Gasteiger partial charge in [0.15, 0.2) is 5.96 Å². The molecule has 1 saturated heterocycles. The lowest BCUT2D eigenvalue weighted by Crippen LogP contribution is -2.46. The molecule has 4 nitrogen and oxygen atoms in total. The Morgan fingerprint density at radius 3 is 3.05 bits per heavy atom. The molecule has 1 fully saturated rings. The van der Waals surface area contributed by atoms with Crippen LogP contribution in [-0.4, -0.2) is 44.7 Å². The molecule has 1 atom stereocenters. The molecule has 0 bridgehead atoms. The standard InChI is InChI=1S/C17H27N3O/c1-14-6-5-11-20(13-14)17(18-2)19-10-9-15-7-4-8-16(12-15)21-3/h4,7-8,12,14H,5-6,9-11,13H2,1-3H3,(H,18,19). The molecule has 0 spiro atoms. The highest BCUT2D eigenvalue weighted by atomic mass is 16.5. The predicted octanol–water partition coefficient (Wildman–Crippen LogP) is 2.55. The fraction of sp³-hybridized carbons (Fsp3) is 0.588. The molecule has 1 aromatic rings. The molecule has 0 saturated carbocycles. The van der Waals surface area contributed by atoms with E-state index in [-0.39, 0.29) is 0 Å². The maximum atomic E-state index is 5.26. The lowest BCUT2D eigenvalue weighted by atomic mass is 10.0. The van der Waals surface area contributed by atoms with E-state index in [1.165, 1.54) is 18.4 Å². The maximum absolute atomic E-state index is 5.26. The summed E-state index contributed by atoms with van der Waals surface area (Å²) in [6.07, 6.45) is 3.56. The van der Waals surface area contributed by atoms with Gasteiger partial charge in [0.05, 0.1) is 7.11 Å². The van der Waals surface area contributed by atoms with E-state index in [1.54, 1.807) is 7.11 Å². The van der Waals surface area contributed by atoms with Crippen LogP contribution >= 0.6 is 0 Å². The fourth-order valence-electron chi connectivity index (χ4n) is 2.86. The summed E-state index contributed by atoms with van der Waals surface area (Å²) in [5.74, 6) is 2.71. The van der Waals surface area contributed by atoms with Crippen molar-refractivity contribution in [2.24, 2.45) is 10.9 Å². The second-order valence-electron chi connectivity index (χ2n) is 5.77. The van der Waals surface area contributed by atoms with Crippen LogP contribution < -0.4 is 10.1 Å². The van der Waals surface area contributed by atoms with Crippen LogP contribution in [0.3, 0.4) is 0 Å². The largest absolute Gasteiger partial charge is 0.497 e. The number of nitrogens with one attached hydrogen (secondary N) is 1. The van der Waals surface area contributed by atoms with E-state index < -0.39 is 0 Å². The van der Waals surface area contributed by atoms with E-state index >= 15 is 0 Å². The smallest absolute Gasteiger partial charge is 0.193 e. The average molecular weight is 289 g/mol. The van der Waals surface area contributed by atoms with Crippen LogP contribution in [-0.2, 0) is 6.42 Å². The van der Waals surface area contributed by atoms with Crippen molar-refractivity contribution in [1.82, 2.24) is 10.2 Å². The summed E-state index contributed by atoms with van der Waals surface area (Å²) in [6, 6.07) is 8.24. The lowest BCUT2D eigenvalue weighted by Gasteiger charge is -2.33. The van der Waals surface area contributed by atoms with Gasteiger partial charge in [-0.25, -0.2) is 0 Å². The Hall–Kier alpha value is -1.71. The molecule has 0 aromatic heterocycles. The summed E-state index contributed by atoms with van der Waals surface area (Å²) < 4.78 is 5.26. The first kappa shape index (κ1) is 15.7. The number of rotatable bonds is 4. The summed E-state index contributed by atoms with van der Waals surface area (Å²) in [6.45, 7) is 5.43. The second kappa shape index (κ2) is 7.91. The number of hydrogen-bond donors (Lipinski definition) is 1. The molecule has 2 rings (SSSR count). The van der Waals surface area contributed by atoms with Gasteiger partial charge in [-0.1, -0.05) is 19.1 Å². The minimum atomic E-state index is 0.760. The zero-order chi connectivity index (χ0) is 15.1. The third-order valence-corrected chi connectivity index (χ3v) is 4.00. The van der Waals surface area contributed by atoms with Gasteiger partial charge in [0.25, 0.3) is 0 Å². The van der Waals surface area contributed by atoms with E-state index in [2.05, 4.69) is 34.3 Å². The van der Waals surface area contributed by atoms with Gasteiger partial charge >= 0.3 is 0 Å². The molecular weight excluding hydrogens is 262 g/mol. The number of hydrogen-bond acceptors (Lipinski definition) is 2. The summed E-state index contributed by atoms with van der Waals surface area (Å²) >= 11 is 0. The van der Waals surface area contributed by atoms with Crippen molar-refractivity contribution in [2.45, 2.75) is 26.2 Å². The highest BCUT2D eigenvalue weighted by Crippen LogP contribution is 2.15. The van der Waals surface area contributed by atoms with Gasteiger partial charge < -0.3 is 15.0 Å². The Labute approximate surface area is 128 Å². The van der Waals surface area contributed by atoms with E-state index in [0.717, 1.165) is 43.7 Å². The fourth-order valence-corrected chi connectivity index (χ4v) is 2.86. The zero-order valence-corrected chi connectivity index (χ0v) is 13.4. The van der Waals surface area contributed by atoms with Crippen molar-refractivity contribution < 1.29 is 4.74 Å². The van der Waals surface area contributed by atoms with Crippen LogP contribution in [0.1, 0.15) is 25.3 Å². The number of benzene rings is 1. The lowest BCUT2D eigenvalue weighted by molar-refractivity contribution is 0.266. The van der Waals surface area contributed by atoms with Crippen molar-refractivity contribution >= 4 is 5.96 Å². The third kappa shape index (κ3) is 4.66. The van der Waals surface area contributed by atoms with Crippen LogP contribution in [0, 0.1) is 5.92 Å². The normalized spacial score (nSPS) is 19.5. The predicted molar refractivity (Wildman–Crippen MR) is 88.0 cm³/mol. The van der Waals surface area contributed by atoms with Crippen molar-refractivity contribution in [3.63, 3.8) is 0 Å². The van der Waals surface area contributed by atoms with Crippen LogP contribution in [0.4, 0.5) is 0 Å². The minimum absolute atomic E-state index is 0.760. The summed E-state index contributed by atoms with van der Waals surface area (Å²) in [7, 11) is 3.57. The number of guanidine groups is 1. The number of methoxy groups -OCH3 is 1. The number of aliphatic imine (C=N–C) groups is 1. The average Bonchev–Trinajstić information content (AvgIpc) is 2.52. The first-order valence-electron chi connectivity index (χ1n) is 7.81. The molecule has 4 heteroatoms. The number of ether oxygens (including phenoxy) is 1. The molecular formula is C17H27N3O. The molecule has 0 aliphatic carbocycles. The first-order chi connectivity index (χ1) is 10.2. The van der Waals surface area contributed by atoms with Gasteiger partial charge in [-0.3, -0.25) is 4.99 Å². The van der Waals surface area contributed by atoms with Gasteiger partial charge in [0.1, 0.15) is 5.75 Å². The molecule has 1 aromatic carbocycles. The number of nitrogens with zero attached hydrogens (tertiary/aromatic N) is 2. The van der Waals surface area contributed by atoms with Gasteiger partial charge in [-0.2, -0.15) is 0 Å². The van der Waals surface area contributed by atoms with Crippen LogP contribution in [0.25, 0.3) is 0 Å². The molecule has 1 unspecified atom stereocenters. The maximum Gasteiger partial charge on any atom is 0.193 e. The van der Waals surface area contributed by atoms with Gasteiger partial charge in [-0.15, -0.1) is 0 Å². The highest BCUT2D eigenvalue weighted by molar-refractivity contribution is 5.80. The van der Waals surface area contributed by atoms with Gasteiger partial charge in [0, 0.05) is 26.7 Å². The summed E-state index contributed by atoms with van der Waals surface area (Å²) in [4.78, 5) is 6.79. The van der Waals surface area contributed by atoms with Crippen LogP contribution in [0.5, 0.6) is 5.75 Å². The molecule has 1 aliphatic rings. The Balaban J connectivity index is 1.83. The Morgan fingerprint density at radius 2 is 2.33 bits per heavy atom. The van der Waals surface area contributed by atoms with Crippen molar-refractivity contribution in [2.75, 3.05) is 33.8 Å². The van der Waals surface area contributed by atoms with E-state index in [1.807, 2.05) is 19.2 Å². The van der Waals surface area contributed by atoms with Crippen molar-refractivity contribution in [1.29, 1.82) is 0 Å². The number of piperidine rings is 1. The molecule has 0 radical (unpaired) electrons. The topological polar surface area (TPSA) is 36.9 Å². The Kier molecular flexibility index (Phi) is 5.90. The summed E-state index contributed by atoms with van der Waals surface area (Å²) in [5.41, 5.74) is 1.28. The SMILES string of the molecule is CN=C(NCCc1cccc(OC)c1)N1CCCC(C)C1. The van der Waals surface area contributed by atoms with Crippen LogP contribution in [0.15, 0.2) is 29.3 Å². The summed E-state index contributed by atoms with van der Waals surface area (Å²) in [5, 5.41) is 3.48. The molecule has 116 valence electrons. The van der Waals surface area contributed by atoms with Crippen molar-refractivity contribution in [3.8, 4) is 5.75 Å². The minimum Gasteiger partial charge on any atom is -0.497 e. The third-order valence-electron chi connectivity index (χ3n) is 4.00. The van der Waals surface area contributed by atoms with Gasteiger partial charge in [0.2, 0.25) is 0 Å². The molecule has 21 heavy (non-hydrogen) atoms. The zero-order valence-electron chi connectivity index (χ0n) is 13.4. The second-order valence-corrected chi connectivity index (χ2v) is 5.77. The number of likely N-dealkylation sites (tertiary alicyclic amines) is 1.